The lowest BCUT2D eigenvalue weighted by Crippen LogP contribution is -2.39. The van der Waals surface area contributed by atoms with Gasteiger partial charge in [-0.2, -0.15) is 18.3 Å². The zero-order chi connectivity index (χ0) is 25.1. The highest BCUT2D eigenvalue weighted by Crippen LogP contribution is 2.43. The van der Waals surface area contributed by atoms with Crippen molar-refractivity contribution in [2.75, 3.05) is 0 Å². The van der Waals surface area contributed by atoms with Crippen molar-refractivity contribution in [3.8, 4) is 0 Å². The van der Waals surface area contributed by atoms with Crippen LogP contribution in [-0.4, -0.2) is 57.6 Å². The van der Waals surface area contributed by atoms with Gasteiger partial charge in [-0.15, -0.1) is 0 Å². The molecule has 3 aliphatic rings. The third kappa shape index (κ3) is 4.99. The lowest BCUT2D eigenvalue weighted by atomic mass is 9.94. The highest BCUT2D eigenvalue weighted by molar-refractivity contribution is 8.27. The molecule has 0 bridgehead atoms. The number of halogens is 3. The Morgan fingerprint density at radius 3 is 2.41 bits per heavy atom. The third-order valence-corrected chi connectivity index (χ3v) is 8.91. The van der Waals surface area contributed by atoms with E-state index in [4.69, 9.17) is 0 Å². The SMILES string of the molecule is CC1N=C2SC(C(C)(C)O)=NN2C1c1ccc(C(F)(F)F)c(S(=O)(=O)N[C@H]2CC[C@H](O)CC2)c1. The van der Waals surface area contributed by atoms with Gasteiger partial charge in [0.05, 0.1) is 22.6 Å². The summed E-state index contributed by atoms with van der Waals surface area (Å²) in [4.78, 5) is 3.66. The second-order valence-electron chi connectivity index (χ2n) is 9.39. The molecule has 1 aromatic rings. The van der Waals surface area contributed by atoms with Crippen LogP contribution in [0.3, 0.4) is 0 Å². The first kappa shape index (κ1) is 25.4. The molecule has 1 aromatic carbocycles. The van der Waals surface area contributed by atoms with Crippen LogP contribution >= 0.6 is 11.8 Å². The number of benzene rings is 1. The van der Waals surface area contributed by atoms with E-state index in [1.54, 1.807) is 20.8 Å². The maximum Gasteiger partial charge on any atom is 0.417 e. The smallest absolute Gasteiger partial charge is 0.393 e. The topological polar surface area (TPSA) is 115 Å². The number of fused-ring (bicyclic) bond motifs is 1. The van der Waals surface area contributed by atoms with Gasteiger partial charge in [0.2, 0.25) is 10.0 Å². The van der Waals surface area contributed by atoms with Gasteiger partial charge in [-0.25, -0.2) is 18.1 Å². The molecule has 2 aliphatic heterocycles. The van der Waals surface area contributed by atoms with Gasteiger partial charge in [-0.05, 0) is 75.9 Å². The Kier molecular flexibility index (Phi) is 6.56. The molecule has 4 rings (SSSR count). The molecular weight excluding hydrogens is 493 g/mol. The predicted molar refractivity (Wildman–Crippen MR) is 123 cm³/mol. The molecule has 0 spiro atoms. The summed E-state index contributed by atoms with van der Waals surface area (Å²) in [6.07, 6.45) is -3.94. The standard InChI is InChI=1S/C21H27F3N4O4S2/c1-11-17(28-19(25-11)33-18(26-28)20(2,3)30)12-4-9-15(21(22,23)24)16(10-12)34(31,32)27-13-5-7-14(29)8-6-13/h4,9-11,13-14,17,27,29-30H,5-8H2,1-3H3/t11?,13-,14-,17?. The van der Waals surface area contributed by atoms with Gasteiger partial charge in [0, 0.05) is 6.04 Å². The van der Waals surface area contributed by atoms with Crippen LogP contribution in [0.25, 0.3) is 0 Å². The van der Waals surface area contributed by atoms with Crippen molar-refractivity contribution in [2.24, 2.45) is 10.1 Å². The molecule has 3 N–H and O–H groups in total. The molecule has 0 aromatic heterocycles. The van der Waals surface area contributed by atoms with Crippen LogP contribution in [0.15, 0.2) is 33.2 Å². The summed E-state index contributed by atoms with van der Waals surface area (Å²) < 4.78 is 70.0. The van der Waals surface area contributed by atoms with Crippen molar-refractivity contribution < 1.29 is 31.8 Å². The molecule has 0 radical (unpaired) electrons. The van der Waals surface area contributed by atoms with Crippen molar-refractivity contribution in [3.05, 3.63) is 29.3 Å². The average molecular weight is 521 g/mol. The Labute approximate surface area is 200 Å². The number of nitrogens with zero attached hydrogens (tertiary/aromatic N) is 3. The number of thioether (sulfide) groups is 1. The molecular formula is C21H27F3N4O4S2. The van der Waals surface area contributed by atoms with Crippen LogP contribution < -0.4 is 4.72 Å². The van der Waals surface area contributed by atoms with Crippen LogP contribution in [-0.2, 0) is 16.2 Å². The first-order valence-corrected chi connectivity index (χ1v) is 13.2. The molecule has 2 heterocycles. The number of hydrogen-bond donors (Lipinski definition) is 3. The lowest BCUT2D eigenvalue weighted by Gasteiger charge is -2.27. The number of amidine groups is 1. The molecule has 1 aliphatic carbocycles. The Hall–Kier alpha value is -1.67. The molecule has 34 heavy (non-hydrogen) atoms. The van der Waals surface area contributed by atoms with Gasteiger partial charge in [-0.3, -0.25) is 4.99 Å². The molecule has 1 saturated carbocycles. The van der Waals surface area contributed by atoms with Gasteiger partial charge in [-0.1, -0.05) is 6.07 Å². The Balaban J connectivity index is 1.71. The fourth-order valence-electron chi connectivity index (χ4n) is 4.33. The Morgan fingerprint density at radius 2 is 1.82 bits per heavy atom. The van der Waals surface area contributed by atoms with E-state index in [2.05, 4.69) is 14.8 Å². The van der Waals surface area contributed by atoms with Crippen molar-refractivity contribution in [3.63, 3.8) is 0 Å². The second-order valence-corrected chi connectivity index (χ2v) is 12.0. The lowest BCUT2D eigenvalue weighted by molar-refractivity contribution is -0.139. The van der Waals surface area contributed by atoms with Crippen LogP contribution in [0, 0.1) is 0 Å². The number of alkyl halides is 3. The quantitative estimate of drug-likeness (QED) is 0.549. The number of aliphatic imine (C=N–C) groups is 1. The normalized spacial score (nSPS) is 28.1. The first-order chi connectivity index (χ1) is 15.7. The minimum Gasteiger partial charge on any atom is -0.393 e. The van der Waals surface area contributed by atoms with Gasteiger partial charge >= 0.3 is 6.18 Å². The molecule has 8 nitrogen and oxygen atoms in total. The molecule has 0 amide bonds. The van der Waals surface area contributed by atoms with E-state index in [1.807, 2.05) is 0 Å². The van der Waals surface area contributed by atoms with Gasteiger partial charge < -0.3 is 10.2 Å². The molecule has 1 fully saturated rings. The maximum atomic E-state index is 13.8. The summed E-state index contributed by atoms with van der Waals surface area (Å²) in [5, 5.41) is 26.8. The van der Waals surface area contributed by atoms with Crippen LogP contribution in [0.1, 0.15) is 63.6 Å². The number of aliphatic hydroxyl groups excluding tert-OH is 1. The van der Waals surface area contributed by atoms with E-state index >= 15 is 0 Å². The molecule has 0 saturated heterocycles. The maximum absolute atomic E-state index is 13.8. The number of nitrogens with one attached hydrogen (secondary N) is 1. The monoisotopic (exact) mass is 520 g/mol. The predicted octanol–water partition coefficient (Wildman–Crippen LogP) is 3.22. The number of hydrazone groups is 1. The van der Waals surface area contributed by atoms with E-state index in [0.29, 0.717) is 41.5 Å². The first-order valence-electron chi connectivity index (χ1n) is 10.9. The molecule has 2 atom stereocenters. The minimum absolute atomic E-state index is 0.319. The molecule has 2 unspecified atom stereocenters. The van der Waals surface area contributed by atoms with E-state index in [-0.39, 0.29) is 0 Å². The zero-order valence-electron chi connectivity index (χ0n) is 18.9. The van der Waals surface area contributed by atoms with E-state index < -0.39 is 56.5 Å². The van der Waals surface area contributed by atoms with Gasteiger partial charge in [0.15, 0.2) is 5.17 Å². The largest absolute Gasteiger partial charge is 0.417 e. The summed E-state index contributed by atoms with van der Waals surface area (Å²) in [6.45, 7) is 4.91. The van der Waals surface area contributed by atoms with Gasteiger partial charge in [0.1, 0.15) is 16.7 Å². The summed E-state index contributed by atoms with van der Waals surface area (Å²) in [7, 11) is -4.51. The third-order valence-electron chi connectivity index (χ3n) is 6.10. The fraction of sp³-hybridized carbons (Fsp3) is 0.619. The van der Waals surface area contributed by atoms with Crippen molar-refractivity contribution in [2.45, 2.75) is 87.4 Å². The highest BCUT2D eigenvalue weighted by atomic mass is 32.2. The van der Waals surface area contributed by atoms with Gasteiger partial charge in [0.25, 0.3) is 0 Å². The van der Waals surface area contributed by atoms with E-state index in [0.717, 1.165) is 12.1 Å². The Morgan fingerprint density at radius 1 is 1.18 bits per heavy atom. The highest BCUT2D eigenvalue weighted by Gasteiger charge is 2.44. The van der Waals surface area contributed by atoms with Crippen molar-refractivity contribution in [1.82, 2.24) is 9.73 Å². The Bertz CT molecular complexity index is 1120. The number of hydrogen-bond acceptors (Lipinski definition) is 8. The van der Waals surface area contributed by atoms with Crippen LogP contribution in [0.4, 0.5) is 13.2 Å². The van der Waals surface area contributed by atoms with Crippen LogP contribution in [0.5, 0.6) is 0 Å². The van der Waals surface area contributed by atoms with Crippen molar-refractivity contribution >= 4 is 32.0 Å². The van der Waals surface area contributed by atoms with E-state index in [9.17, 15) is 31.8 Å². The summed E-state index contributed by atoms with van der Waals surface area (Å²) in [5.74, 6) is 0. The summed E-state index contributed by atoms with van der Waals surface area (Å²) >= 11 is 1.18. The molecule has 188 valence electrons. The number of aliphatic hydroxyl groups is 2. The number of sulfonamides is 1. The summed E-state index contributed by atoms with van der Waals surface area (Å²) in [6, 6.07) is 1.51. The van der Waals surface area contributed by atoms with Crippen LogP contribution in [0.2, 0.25) is 0 Å². The van der Waals surface area contributed by atoms with Crippen molar-refractivity contribution in [1.29, 1.82) is 0 Å². The second kappa shape index (κ2) is 8.77. The number of rotatable bonds is 5. The minimum atomic E-state index is -4.87. The fourth-order valence-corrected chi connectivity index (χ4v) is 6.92. The summed E-state index contributed by atoms with van der Waals surface area (Å²) in [5.41, 5.74) is -2.15. The zero-order valence-corrected chi connectivity index (χ0v) is 20.5. The molecule has 13 heteroatoms. The average Bonchev–Trinajstić information content (AvgIpc) is 3.25. The van der Waals surface area contributed by atoms with E-state index in [1.165, 1.54) is 22.8 Å².